The van der Waals surface area contributed by atoms with Crippen LogP contribution in [-0.4, -0.2) is 59.8 Å². The molecule has 1 aromatic rings. The first kappa shape index (κ1) is 16.6. The van der Waals surface area contributed by atoms with E-state index in [-0.39, 0.29) is 25.3 Å². The van der Waals surface area contributed by atoms with E-state index in [2.05, 4.69) is 0 Å². The third-order valence-corrected chi connectivity index (χ3v) is 4.48. The van der Waals surface area contributed by atoms with Gasteiger partial charge in [-0.1, -0.05) is 6.07 Å². The average molecular weight is 334 g/mol. The van der Waals surface area contributed by atoms with E-state index in [1.807, 2.05) is 30.1 Å². The molecule has 0 saturated carbocycles. The Balaban J connectivity index is 1.69. The van der Waals surface area contributed by atoms with Crippen molar-refractivity contribution in [2.24, 2.45) is 0 Å². The molecule has 130 valence electrons. The van der Waals surface area contributed by atoms with Crippen LogP contribution in [0.2, 0.25) is 0 Å². The van der Waals surface area contributed by atoms with E-state index in [0.717, 1.165) is 36.3 Å². The van der Waals surface area contributed by atoms with Crippen molar-refractivity contribution in [1.82, 2.24) is 9.80 Å². The molecule has 1 atom stereocenters. The van der Waals surface area contributed by atoms with Gasteiger partial charge in [-0.15, -0.1) is 0 Å². The maximum Gasteiger partial charge on any atom is 0.323 e. The predicted octanol–water partition coefficient (Wildman–Crippen LogP) is 1.31. The third kappa shape index (κ3) is 3.62. The second kappa shape index (κ2) is 7.09. The van der Waals surface area contributed by atoms with Gasteiger partial charge in [0.2, 0.25) is 12.7 Å². The van der Waals surface area contributed by atoms with Crippen molar-refractivity contribution in [2.45, 2.75) is 31.8 Å². The average Bonchev–Trinajstić information content (AvgIpc) is 2.92. The molecule has 24 heavy (non-hydrogen) atoms. The van der Waals surface area contributed by atoms with Gasteiger partial charge in [0.15, 0.2) is 11.5 Å². The highest BCUT2D eigenvalue weighted by Crippen LogP contribution is 2.33. The van der Waals surface area contributed by atoms with E-state index in [9.17, 15) is 9.59 Å². The van der Waals surface area contributed by atoms with Crippen molar-refractivity contribution in [3.63, 3.8) is 0 Å². The number of hydrogen-bond acceptors (Lipinski definition) is 5. The number of likely N-dealkylation sites (tertiary alicyclic amines) is 1. The number of fused-ring (bicyclic) bond motifs is 1. The van der Waals surface area contributed by atoms with Crippen LogP contribution in [0, 0.1) is 0 Å². The molecular formula is C17H22N2O5. The van der Waals surface area contributed by atoms with Gasteiger partial charge in [-0.3, -0.25) is 14.5 Å². The summed E-state index contributed by atoms with van der Waals surface area (Å²) < 4.78 is 10.7. The van der Waals surface area contributed by atoms with Gasteiger partial charge in [-0.25, -0.2) is 0 Å². The molecule has 7 heteroatoms. The smallest absolute Gasteiger partial charge is 0.323 e. The van der Waals surface area contributed by atoms with E-state index >= 15 is 0 Å². The van der Waals surface area contributed by atoms with E-state index < -0.39 is 5.97 Å². The van der Waals surface area contributed by atoms with Crippen LogP contribution in [0.15, 0.2) is 18.2 Å². The third-order valence-electron chi connectivity index (χ3n) is 4.48. The monoisotopic (exact) mass is 334 g/mol. The van der Waals surface area contributed by atoms with Crippen LogP contribution < -0.4 is 9.47 Å². The Morgan fingerprint density at radius 3 is 2.92 bits per heavy atom. The second-order valence-corrected chi connectivity index (χ2v) is 6.27. The molecule has 0 aliphatic carbocycles. The van der Waals surface area contributed by atoms with Crippen molar-refractivity contribution >= 4 is 11.9 Å². The first-order valence-corrected chi connectivity index (χ1v) is 8.14. The molecule has 0 aromatic heterocycles. The summed E-state index contributed by atoms with van der Waals surface area (Å²) in [4.78, 5) is 27.1. The van der Waals surface area contributed by atoms with Crippen LogP contribution in [0.25, 0.3) is 0 Å². The standard InChI is InChI=1S/C17H22N2O5/c1-18(9-12-5-6-14-15(8-12)24-11-23-14)13-4-2-3-7-19(17(13)22)10-16(20)21/h5-6,8,13H,2-4,7,9-11H2,1H3,(H,20,21). The van der Waals surface area contributed by atoms with E-state index in [4.69, 9.17) is 14.6 Å². The zero-order valence-electron chi connectivity index (χ0n) is 13.7. The summed E-state index contributed by atoms with van der Waals surface area (Å²) in [6.07, 6.45) is 2.50. The number of hydrogen-bond donors (Lipinski definition) is 1. The van der Waals surface area contributed by atoms with Crippen LogP contribution in [0.4, 0.5) is 0 Å². The van der Waals surface area contributed by atoms with E-state index in [0.29, 0.717) is 13.1 Å². The van der Waals surface area contributed by atoms with Gasteiger partial charge >= 0.3 is 5.97 Å². The number of amides is 1. The molecule has 1 saturated heterocycles. The topological polar surface area (TPSA) is 79.3 Å². The maximum atomic E-state index is 12.7. The molecule has 1 aromatic carbocycles. The number of carbonyl (C=O) groups excluding carboxylic acids is 1. The molecule has 1 amide bonds. The number of carboxylic acids is 1. The lowest BCUT2D eigenvalue weighted by Gasteiger charge is -2.29. The maximum absolute atomic E-state index is 12.7. The number of carboxylic acid groups (broad SMARTS) is 1. The number of benzene rings is 1. The van der Waals surface area contributed by atoms with Gasteiger partial charge in [0.1, 0.15) is 6.54 Å². The lowest BCUT2D eigenvalue weighted by atomic mass is 10.1. The number of likely N-dealkylation sites (N-methyl/N-ethyl adjacent to an activating group) is 1. The fourth-order valence-electron chi connectivity index (χ4n) is 3.25. The Morgan fingerprint density at radius 2 is 2.12 bits per heavy atom. The Hall–Kier alpha value is -2.28. The summed E-state index contributed by atoms with van der Waals surface area (Å²) in [5, 5.41) is 8.99. The highest BCUT2D eigenvalue weighted by molar-refractivity contribution is 5.85. The lowest BCUT2D eigenvalue weighted by Crippen LogP contribution is -2.47. The summed E-state index contributed by atoms with van der Waals surface area (Å²) in [6, 6.07) is 5.46. The molecule has 2 heterocycles. The minimum absolute atomic E-state index is 0.0989. The number of aliphatic carboxylic acids is 1. The lowest BCUT2D eigenvalue weighted by molar-refractivity contribution is -0.146. The molecule has 0 bridgehead atoms. The van der Waals surface area contributed by atoms with Gasteiger partial charge in [0.25, 0.3) is 0 Å². The van der Waals surface area contributed by atoms with Gasteiger partial charge in [0.05, 0.1) is 6.04 Å². The quantitative estimate of drug-likeness (QED) is 0.875. The SMILES string of the molecule is CN(Cc1ccc2c(c1)OCO2)C1CCCCN(CC(=O)O)C1=O. The van der Waals surface area contributed by atoms with Crippen LogP contribution in [0.5, 0.6) is 11.5 Å². The minimum atomic E-state index is -0.970. The highest BCUT2D eigenvalue weighted by atomic mass is 16.7. The molecule has 3 rings (SSSR count). The van der Waals surface area contributed by atoms with Gasteiger partial charge < -0.3 is 19.5 Å². The summed E-state index contributed by atoms with van der Waals surface area (Å²) in [6.45, 7) is 1.11. The van der Waals surface area contributed by atoms with Crippen LogP contribution in [-0.2, 0) is 16.1 Å². The summed E-state index contributed by atoms with van der Waals surface area (Å²) in [5.74, 6) is 0.390. The molecule has 1 fully saturated rings. The van der Waals surface area contributed by atoms with E-state index in [1.54, 1.807) is 0 Å². The molecule has 2 aliphatic heterocycles. The number of nitrogens with zero attached hydrogens (tertiary/aromatic N) is 2. The van der Waals surface area contributed by atoms with Crippen LogP contribution >= 0.6 is 0 Å². The molecule has 0 spiro atoms. The first-order chi connectivity index (χ1) is 11.5. The Kier molecular flexibility index (Phi) is 4.89. The minimum Gasteiger partial charge on any atom is -0.480 e. The van der Waals surface area contributed by atoms with Gasteiger partial charge in [-0.05, 0) is 44.0 Å². The van der Waals surface area contributed by atoms with Crippen LogP contribution in [0.3, 0.4) is 0 Å². The Morgan fingerprint density at radius 1 is 1.33 bits per heavy atom. The second-order valence-electron chi connectivity index (χ2n) is 6.27. The van der Waals surface area contributed by atoms with Crippen molar-refractivity contribution in [3.8, 4) is 11.5 Å². The summed E-state index contributed by atoms with van der Waals surface area (Å²) in [5.41, 5.74) is 1.03. The van der Waals surface area contributed by atoms with Crippen molar-refractivity contribution < 1.29 is 24.2 Å². The fourth-order valence-corrected chi connectivity index (χ4v) is 3.25. The van der Waals surface area contributed by atoms with Gasteiger partial charge in [-0.2, -0.15) is 0 Å². The van der Waals surface area contributed by atoms with Crippen molar-refractivity contribution in [3.05, 3.63) is 23.8 Å². The van der Waals surface area contributed by atoms with Gasteiger partial charge in [0, 0.05) is 13.1 Å². The molecule has 1 N–H and O–H groups in total. The first-order valence-electron chi connectivity index (χ1n) is 8.14. The molecule has 2 aliphatic rings. The largest absolute Gasteiger partial charge is 0.480 e. The number of rotatable bonds is 5. The predicted molar refractivity (Wildman–Crippen MR) is 85.9 cm³/mol. The van der Waals surface area contributed by atoms with Crippen LogP contribution in [0.1, 0.15) is 24.8 Å². The van der Waals surface area contributed by atoms with Crippen molar-refractivity contribution in [1.29, 1.82) is 0 Å². The van der Waals surface area contributed by atoms with E-state index in [1.165, 1.54) is 4.90 Å². The summed E-state index contributed by atoms with van der Waals surface area (Å²) in [7, 11) is 1.90. The molecular weight excluding hydrogens is 312 g/mol. The number of ether oxygens (including phenoxy) is 2. The normalized spacial score (nSPS) is 20.3. The number of carbonyl (C=O) groups is 2. The highest BCUT2D eigenvalue weighted by Gasteiger charge is 2.31. The summed E-state index contributed by atoms with van der Waals surface area (Å²) >= 11 is 0. The molecule has 0 radical (unpaired) electrons. The zero-order chi connectivity index (χ0) is 17.1. The molecule has 1 unspecified atom stereocenters. The van der Waals surface area contributed by atoms with Crippen molar-refractivity contribution in [2.75, 3.05) is 26.9 Å². The Labute approximate surface area is 140 Å². The zero-order valence-corrected chi connectivity index (χ0v) is 13.7. The Bertz CT molecular complexity index is 633. The fraction of sp³-hybridized carbons (Fsp3) is 0.529. The molecule has 7 nitrogen and oxygen atoms in total.